The van der Waals surface area contributed by atoms with Crippen molar-refractivity contribution >= 4 is 47.0 Å². The first kappa shape index (κ1) is 38.2. The standard InChI is InChI=1S/2C13H20N4O2S.Zn/c1-10(15-16-13(20)17(2)3)12-9-11(5-6-14-12)19-8-7-18-4;1-10(15-16-13(20)17(2)3)12-9-11(5-6-14-12)19-8-4-7-18;/h5-6,9H,7-8H2,1-4H3,(H,16,20);5-6,9,18H,4,7-8H2,1-3H3,(H,16,20);/q;;+2/p-2/b2*15-10+;. The van der Waals surface area contributed by atoms with E-state index in [-0.39, 0.29) is 26.1 Å². The predicted molar refractivity (Wildman–Crippen MR) is 164 cm³/mol. The van der Waals surface area contributed by atoms with E-state index in [4.69, 9.17) is 44.6 Å². The molecule has 0 aromatic carbocycles. The molecule has 2 heterocycles. The number of hydrogen-bond acceptors (Lipinski definition) is 12. The molecule has 15 heteroatoms. The van der Waals surface area contributed by atoms with Crippen LogP contribution in [0.3, 0.4) is 0 Å². The Morgan fingerprint density at radius 1 is 0.780 bits per heavy atom. The SMILES string of the molecule is C/C(=N\N=C([S-])N(C)C)c1cc(OCCCO)ccn1.COCCOc1ccnc(/C(C)=N/N=C([S-])N(C)C)c1.[Zn+2]. The molecule has 2 rings (SSSR count). The molecule has 0 aliphatic carbocycles. The van der Waals surface area contributed by atoms with Gasteiger partial charge in [0.1, 0.15) is 18.1 Å². The fourth-order valence-electron chi connectivity index (χ4n) is 2.41. The quantitative estimate of drug-likeness (QED) is 0.0908. The largest absolute Gasteiger partial charge is 2.00 e. The van der Waals surface area contributed by atoms with Crippen LogP contribution in [0.2, 0.25) is 0 Å². The molecule has 0 atom stereocenters. The van der Waals surface area contributed by atoms with E-state index in [1.807, 2.05) is 48.1 Å². The Labute approximate surface area is 266 Å². The molecule has 220 valence electrons. The molecule has 0 radical (unpaired) electrons. The number of aromatic nitrogens is 2. The third-order valence-corrected chi connectivity index (χ3v) is 5.56. The monoisotopic (exact) mass is 654 g/mol. The summed E-state index contributed by atoms with van der Waals surface area (Å²) in [5.74, 6) is 1.41. The van der Waals surface area contributed by atoms with E-state index >= 15 is 0 Å². The van der Waals surface area contributed by atoms with Crippen molar-refractivity contribution in [1.82, 2.24) is 19.8 Å². The summed E-state index contributed by atoms with van der Waals surface area (Å²) in [7, 11) is 8.89. The van der Waals surface area contributed by atoms with Gasteiger partial charge in [0.2, 0.25) is 0 Å². The normalized spacial score (nSPS) is 12.1. The second-order valence-corrected chi connectivity index (χ2v) is 9.18. The molecule has 0 saturated carbocycles. The number of hydrogen-bond donors (Lipinski definition) is 1. The van der Waals surface area contributed by atoms with Crippen LogP contribution in [0.1, 0.15) is 31.7 Å². The van der Waals surface area contributed by atoms with Gasteiger partial charge in [0, 0.05) is 83.2 Å². The Kier molecular flexibility index (Phi) is 20.3. The van der Waals surface area contributed by atoms with Crippen molar-refractivity contribution in [3.8, 4) is 11.5 Å². The summed E-state index contributed by atoms with van der Waals surface area (Å²) >= 11 is 10.1. The van der Waals surface area contributed by atoms with Gasteiger partial charge in [-0.25, -0.2) is 0 Å². The Morgan fingerprint density at radius 2 is 1.22 bits per heavy atom. The summed E-state index contributed by atoms with van der Waals surface area (Å²) in [5, 5.41) is 25.5. The number of rotatable bonds is 12. The zero-order chi connectivity index (χ0) is 29.9. The maximum absolute atomic E-state index is 8.71. The number of nitrogens with zero attached hydrogens (tertiary/aromatic N) is 8. The average molecular weight is 656 g/mol. The van der Waals surface area contributed by atoms with E-state index in [0.717, 1.165) is 5.75 Å². The van der Waals surface area contributed by atoms with Crippen LogP contribution in [0.15, 0.2) is 57.1 Å². The van der Waals surface area contributed by atoms with Gasteiger partial charge in [-0.15, -0.1) is 0 Å². The molecule has 0 amide bonds. The minimum Gasteiger partial charge on any atom is -0.741 e. The van der Waals surface area contributed by atoms with Gasteiger partial charge in [0.15, 0.2) is 0 Å². The molecule has 2 aromatic rings. The van der Waals surface area contributed by atoms with Crippen LogP contribution < -0.4 is 9.47 Å². The number of methoxy groups -OCH3 is 1. The molecular formula is C26H38N8O4S2Zn. The van der Waals surface area contributed by atoms with Crippen LogP contribution in [0.4, 0.5) is 0 Å². The third-order valence-electron chi connectivity index (χ3n) is 4.67. The second-order valence-electron chi connectivity index (χ2n) is 8.45. The van der Waals surface area contributed by atoms with E-state index in [0.29, 0.717) is 65.1 Å². The molecule has 0 spiro atoms. The van der Waals surface area contributed by atoms with Crippen molar-refractivity contribution < 1.29 is 38.8 Å². The Balaban J connectivity index is 0.000000762. The van der Waals surface area contributed by atoms with Crippen molar-refractivity contribution in [3.63, 3.8) is 0 Å². The summed E-state index contributed by atoms with van der Waals surface area (Å²) in [6, 6.07) is 7.14. The van der Waals surface area contributed by atoms with Gasteiger partial charge in [-0.3, -0.25) is 9.97 Å². The first-order valence-electron chi connectivity index (χ1n) is 12.3. The molecule has 0 aliphatic rings. The Morgan fingerprint density at radius 3 is 1.61 bits per heavy atom. The fourth-order valence-corrected chi connectivity index (χ4v) is 2.49. The van der Waals surface area contributed by atoms with Crippen LogP contribution in [0.5, 0.6) is 11.5 Å². The molecule has 0 fully saturated rings. The number of amidine groups is 2. The summed E-state index contributed by atoms with van der Waals surface area (Å²) in [4.78, 5) is 11.9. The maximum atomic E-state index is 8.71. The van der Waals surface area contributed by atoms with E-state index < -0.39 is 0 Å². The molecule has 12 nitrogen and oxygen atoms in total. The third kappa shape index (κ3) is 16.3. The molecule has 0 aliphatic heterocycles. The maximum Gasteiger partial charge on any atom is 2.00 e. The van der Waals surface area contributed by atoms with Gasteiger partial charge in [0.25, 0.3) is 0 Å². The van der Waals surface area contributed by atoms with Gasteiger partial charge in [-0.2, -0.15) is 20.4 Å². The van der Waals surface area contributed by atoms with Gasteiger partial charge in [-0.05, 0) is 26.0 Å². The van der Waals surface area contributed by atoms with E-state index in [1.54, 1.807) is 47.5 Å². The average Bonchev–Trinajstić information content (AvgIpc) is 2.95. The summed E-state index contributed by atoms with van der Waals surface area (Å²) < 4.78 is 15.9. The van der Waals surface area contributed by atoms with Crippen molar-refractivity contribution in [3.05, 3.63) is 48.0 Å². The second kappa shape index (κ2) is 21.8. The van der Waals surface area contributed by atoms with E-state index in [9.17, 15) is 0 Å². The van der Waals surface area contributed by atoms with Crippen molar-refractivity contribution in [2.45, 2.75) is 20.3 Å². The number of aliphatic hydroxyl groups excluding tert-OH is 1. The van der Waals surface area contributed by atoms with Crippen molar-refractivity contribution in [2.24, 2.45) is 20.4 Å². The van der Waals surface area contributed by atoms with Crippen LogP contribution in [-0.4, -0.2) is 108 Å². The smallest absolute Gasteiger partial charge is 0.741 e. The predicted octanol–water partition coefficient (Wildman–Crippen LogP) is 2.32. The summed E-state index contributed by atoms with van der Waals surface area (Å²) in [6.07, 6.45) is 3.91. The van der Waals surface area contributed by atoms with E-state index in [2.05, 4.69) is 30.4 Å². The summed E-state index contributed by atoms with van der Waals surface area (Å²) in [5.41, 5.74) is 2.70. The molecule has 1 N–H and O–H groups in total. The van der Waals surface area contributed by atoms with Crippen molar-refractivity contribution in [1.29, 1.82) is 0 Å². The first-order chi connectivity index (χ1) is 19.1. The Hall–Kier alpha value is -2.84. The first-order valence-corrected chi connectivity index (χ1v) is 13.1. The summed E-state index contributed by atoms with van der Waals surface area (Å²) in [6.45, 7) is 5.23. The van der Waals surface area contributed by atoms with Gasteiger partial charge >= 0.3 is 19.5 Å². The minimum atomic E-state index is 0. The minimum absolute atomic E-state index is 0. The zero-order valence-corrected chi connectivity index (χ0v) is 29.4. The van der Waals surface area contributed by atoms with Gasteiger partial charge < -0.3 is 54.4 Å². The molecule has 0 saturated heterocycles. The van der Waals surface area contributed by atoms with Gasteiger partial charge in [0.05, 0.1) is 36.0 Å². The molecule has 2 aromatic heterocycles. The Bertz CT molecular complexity index is 1070. The fraction of sp³-hybridized carbons (Fsp3) is 0.462. The van der Waals surface area contributed by atoms with Crippen LogP contribution in [-0.2, 0) is 49.5 Å². The van der Waals surface area contributed by atoms with E-state index in [1.165, 1.54) is 0 Å². The molecule has 41 heavy (non-hydrogen) atoms. The van der Waals surface area contributed by atoms with Crippen LogP contribution >= 0.6 is 0 Å². The molecule has 0 bridgehead atoms. The zero-order valence-electron chi connectivity index (χ0n) is 24.8. The number of pyridine rings is 2. The van der Waals surface area contributed by atoms with Crippen LogP contribution in [0, 0.1) is 0 Å². The number of ether oxygens (including phenoxy) is 3. The topological polar surface area (TPSA) is 130 Å². The van der Waals surface area contributed by atoms with Gasteiger partial charge in [-0.1, -0.05) is 0 Å². The molecule has 0 unspecified atom stereocenters. The van der Waals surface area contributed by atoms with Crippen LogP contribution in [0.25, 0.3) is 0 Å². The number of aliphatic hydroxyl groups is 1. The van der Waals surface area contributed by atoms with Crippen molar-refractivity contribution in [2.75, 3.05) is 61.7 Å². The molecular weight excluding hydrogens is 618 g/mol.